The molecule has 50 heavy (non-hydrogen) atoms. The van der Waals surface area contributed by atoms with E-state index >= 15 is 0 Å². The van der Waals surface area contributed by atoms with Crippen molar-refractivity contribution in [2.45, 2.75) is 84.9 Å². The molecule has 1 aliphatic heterocycles. The summed E-state index contributed by atoms with van der Waals surface area (Å²) in [6.45, 7) is 10.9. The van der Waals surface area contributed by atoms with Gasteiger partial charge in [0.2, 0.25) is 0 Å². The Bertz CT molecular complexity index is 2040. The summed E-state index contributed by atoms with van der Waals surface area (Å²) in [7, 11) is 0. The fourth-order valence-electron chi connectivity index (χ4n) is 7.55. The molecule has 266 valence electrons. The molecule has 1 N–H and O–H groups in total. The van der Waals surface area contributed by atoms with Gasteiger partial charge in [0.15, 0.2) is 11.6 Å². The van der Waals surface area contributed by atoms with Crippen molar-refractivity contribution in [2.24, 2.45) is 5.92 Å². The van der Waals surface area contributed by atoms with E-state index in [9.17, 15) is 35.9 Å². The monoisotopic (exact) mass is 698 g/mol. The largest absolute Gasteiger partial charge is 0.433 e. The molecule has 0 radical (unpaired) electrons. The number of aromatic nitrogens is 3. The van der Waals surface area contributed by atoms with Crippen molar-refractivity contribution in [1.82, 2.24) is 19.4 Å². The number of halogens is 6. The predicted molar refractivity (Wildman–Crippen MR) is 182 cm³/mol. The van der Waals surface area contributed by atoms with Gasteiger partial charge >= 0.3 is 12.4 Å². The van der Waals surface area contributed by atoms with E-state index in [1.807, 2.05) is 80.8 Å². The smallest absolute Gasteiger partial charge is 0.341 e. The first-order valence-electron chi connectivity index (χ1n) is 16.5. The maximum Gasteiger partial charge on any atom is 0.433 e. The first kappa shape index (κ1) is 36.8. The number of nitrogens with one attached hydrogen (secondary N) is 1. The van der Waals surface area contributed by atoms with Crippen molar-refractivity contribution in [3.63, 3.8) is 0 Å². The van der Waals surface area contributed by atoms with Crippen LogP contribution in [0.3, 0.4) is 0 Å². The third kappa shape index (κ3) is 7.08. The molecular formula is C38H40F6N4O2. The zero-order valence-corrected chi connectivity index (χ0v) is 28.7. The molecule has 0 amide bonds. The predicted octanol–water partition coefficient (Wildman–Crippen LogP) is 9.82. The van der Waals surface area contributed by atoms with Gasteiger partial charge in [-0.1, -0.05) is 36.4 Å². The molecule has 4 unspecified atom stereocenters. The number of benzene rings is 2. The summed E-state index contributed by atoms with van der Waals surface area (Å²) in [4.78, 5) is 27.6. The van der Waals surface area contributed by atoms with Gasteiger partial charge in [0, 0.05) is 56.6 Å². The van der Waals surface area contributed by atoms with Crippen LogP contribution in [0.15, 0.2) is 66.9 Å². The number of pyridine rings is 1. The van der Waals surface area contributed by atoms with Crippen LogP contribution in [0.2, 0.25) is 0 Å². The normalized spacial score (nSPS) is 18.1. The maximum atomic E-state index is 13.1. The molecule has 1 fully saturated rings. The van der Waals surface area contributed by atoms with Gasteiger partial charge in [-0.15, -0.1) is 0 Å². The van der Waals surface area contributed by atoms with E-state index in [2.05, 4.69) is 14.9 Å². The summed E-state index contributed by atoms with van der Waals surface area (Å²) >= 11 is 0. The van der Waals surface area contributed by atoms with Crippen LogP contribution in [0.4, 0.5) is 26.3 Å². The molecule has 0 spiro atoms. The number of nitrogens with zero attached hydrogens (tertiary/aromatic N) is 3. The lowest BCUT2D eigenvalue weighted by atomic mass is 9.86. The molecule has 0 saturated carbocycles. The van der Waals surface area contributed by atoms with E-state index in [0.29, 0.717) is 29.7 Å². The Morgan fingerprint density at radius 3 is 1.86 bits per heavy atom. The number of alkyl halides is 6. The van der Waals surface area contributed by atoms with Gasteiger partial charge in [-0.3, -0.25) is 14.6 Å². The molecule has 5 aromatic rings. The Labute approximate surface area is 286 Å². The van der Waals surface area contributed by atoms with Crippen LogP contribution in [0.1, 0.15) is 96.0 Å². The van der Waals surface area contributed by atoms with Gasteiger partial charge in [0.05, 0.1) is 6.04 Å². The van der Waals surface area contributed by atoms with Gasteiger partial charge in [0.1, 0.15) is 11.7 Å². The lowest BCUT2D eigenvalue weighted by Crippen LogP contribution is -2.48. The van der Waals surface area contributed by atoms with Crippen LogP contribution in [-0.4, -0.2) is 44.4 Å². The highest BCUT2D eigenvalue weighted by Gasteiger charge is 2.43. The summed E-state index contributed by atoms with van der Waals surface area (Å²) in [5, 5.41) is 4.27. The second kappa shape index (κ2) is 14.0. The molecule has 0 bridgehead atoms. The molecule has 6 rings (SSSR count). The summed E-state index contributed by atoms with van der Waals surface area (Å²) in [6.07, 6.45) is -6.80. The SMILES string of the molecule is CC(=O)c1c(C)n(C(C)C2CCNC(C(F)(F)F)C2)c2ccccc12.CC(=O)c1c(C)n(C(C)c2ccnc(C(F)(F)F)c2)c2ccccc12. The molecule has 1 aliphatic rings. The van der Waals surface area contributed by atoms with E-state index in [1.54, 1.807) is 6.07 Å². The van der Waals surface area contributed by atoms with Gasteiger partial charge in [0.25, 0.3) is 0 Å². The van der Waals surface area contributed by atoms with Crippen molar-refractivity contribution in [3.05, 3.63) is 101 Å². The third-order valence-corrected chi connectivity index (χ3v) is 9.89. The van der Waals surface area contributed by atoms with Gasteiger partial charge < -0.3 is 14.5 Å². The molecule has 12 heteroatoms. The summed E-state index contributed by atoms with van der Waals surface area (Å²) in [5.74, 6) is -0.175. The summed E-state index contributed by atoms with van der Waals surface area (Å²) in [6, 6.07) is 15.7. The van der Waals surface area contributed by atoms with Crippen molar-refractivity contribution in [3.8, 4) is 0 Å². The molecule has 0 aliphatic carbocycles. The zero-order valence-electron chi connectivity index (χ0n) is 28.7. The molecule has 6 nitrogen and oxygen atoms in total. The standard InChI is InChI=1S/C19H23F3N2O.C19H17F3N2O/c2*1-11(14-8-9-23-17(10-14)19(20,21)22)24-12(2)18(13(3)25)15-6-4-5-7-16(15)24/h4-7,11,14,17,23H,8-10H2,1-3H3;4-11H,1-3H3. The fraction of sp³-hybridized carbons (Fsp3) is 0.395. The van der Waals surface area contributed by atoms with Crippen molar-refractivity contribution >= 4 is 33.4 Å². The van der Waals surface area contributed by atoms with Crippen molar-refractivity contribution in [1.29, 1.82) is 0 Å². The lowest BCUT2D eigenvalue weighted by Gasteiger charge is -2.36. The van der Waals surface area contributed by atoms with E-state index in [4.69, 9.17) is 0 Å². The number of hydrogen-bond donors (Lipinski definition) is 1. The van der Waals surface area contributed by atoms with E-state index in [0.717, 1.165) is 39.3 Å². The highest BCUT2D eigenvalue weighted by atomic mass is 19.4. The van der Waals surface area contributed by atoms with Crippen LogP contribution >= 0.6 is 0 Å². The highest BCUT2D eigenvalue weighted by Crippen LogP contribution is 2.39. The van der Waals surface area contributed by atoms with Gasteiger partial charge in [-0.2, -0.15) is 26.3 Å². The second-order valence-electron chi connectivity index (χ2n) is 13.0. The number of rotatable bonds is 6. The summed E-state index contributed by atoms with van der Waals surface area (Å²) < 4.78 is 82.2. The Balaban J connectivity index is 0.000000194. The number of para-hydroxylation sites is 2. The zero-order chi connectivity index (χ0) is 36.7. The highest BCUT2D eigenvalue weighted by molar-refractivity contribution is 6.09. The second-order valence-corrected chi connectivity index (χ2v) is 13.0. The van der Waals surface area contributed by atoms with Crippen LogP contribution < -0.4 is 5.32 Å². The Morgan fingerprint density at radius 2 is 1.34 bits per heavy atom. The topological polar surface area (TPSA) is 68.9 Å². The molecule has 4 heterocycles. The Hall–Kier alpha value is -4.45. The first-order valence-corrected chi connectivity index (χ1v) is 16.5. The number of fused-ring (bicyclic) bond motifs is 2. The van der Waals surface area contributed by atoms with Crippen LogP contribution in [-0.2, 0) is 6.18 Å². The quantitative estimate of drug-likeness (QED) is 0.142. The number of ketones is 2. The maximum absolute atomic E-state index is 13.1. The Morgan fingerprint density at radius 1 is 0.820 bits per heavy atom. The number of hydrogen-bond acceptors (Lipinski definition) is 4. The van der Waals surface area contributed by atoms with Gasteiger partial charge in [-0.05, 0) is 96.7 Å². The minimum atomic E-state index is -4.49. The van der Waals surface area contributed by atoms with Crippen molar-refractivity contribution < 1.29 is 35.9 Å². The van der Waals surface area contributed by atoms with Crippen molar-refractivity contribution in [2.75, 3.05) is 6.54 Å². The molecule has 1 saturated heterocycles. The van der Waals surface area contributed by atoms with Crippen LogP contribution in [0.5, 0.6) is 0 Å². The number of carbonyl (C=O) groups is 2. The minimum Gasteiger partial charge on any atom is -0.341 e. The lowest BCUT2D eigenvalue weighted by molar-refractivity contribution is -0.164. The number of carbonyl (C=O) groups excluding carboxylic acids is 2. The first-order chi connectivity index (χ1) is 23.4. The van der Waals surface area contributed by atoms with E-state index < -0.39 is 24.1 Å². The third-order valence-electron chi connectivity index (χ3n) is 9.89. The molecule has 4 atom stereocenters. The number of Topliss-reactive ketones (excluding diaryl/α,β-unsaturated/α-hetero) is 2. The average molecular weight is 699 g/mol. The van der Waals surface area contributed by atoms with Crippen LogP contribution in [0.25, 0.3) is 21.8 Å². The van der Waals surface area contributed by atoms with E-state index in [1.165, 1.54) is 20.0 Å². The minimum absolute atomic E-state index is 0.0156. The Kier molecular flexibility index (Phi) is 10.3. The van der Waals surface area contributed by atoms with E-state index in [-0.39, 0.29) is 36.0 Å². The van der Waals surface area contributed by atoms with Crippen LogP contribution in [0, 0.1) is 19.8 Å². The molecular weight excluding hydrogens is 658 g/mol. The number of piperidine rings is 1. The molecule has 2 aromatic carbocycles. The average Bonchev–Trinajstić information content (AvgIpc) is 3.53. The fourth-order valence-corrected chi connectivity index (χ4v) is 7.55. The molecule has 3 aromatic heterocycles. The summed E-state index contributed by atoms with van der Waals surface area (Å²) in [5.41, 5.74) is 4.16. The van der Waals surface area contributed by atoms with Gasteiger partial charge in [-0.25, -0.2) is 0 Å².